The van der Waals surface area contributed by atoms with Crippen LogP contribution in [0.2, 0.25) is 0 Å². The Morgan fingerprint density at radius 2 is 1.77 bits per heavy atom. The van der Waals surface area contributed by atoms with E-state index in [0.29, 0.717) is 23.9 Å². The van der Waals surface area contributed by atoms with Gasteiger partial charge in [-0.05, 0) is 59.4 Å². The Labute approximate surface area is 207 Å². The number of nitrogens with one attached hydrogen (secondary N) is 2. The summed E-state index contributed by atoms with van der Waals surface area (Å²) in [6, 6.07) is 24.0. The molecule has 6 heteroatoms. The normalized spacial score (nSPS) is 14.5. The van der Waals surface area contributed by atoms with Gasteiger partial charge in [0.05, 0.1) is 0 Å². The molecule has 182 valence electrons. The van der Waals surface area contributed by atoms with Gasteiger partial charge in [0.25, 0.3) is 0 Å². The fourth-order valence-electron chi connectivity index (χ4n) is 4.50. The number of hydrogen-bond acceptors (Lipinski definition) is 4. The first-order valence-electron chi connectivity index (χ1n) is 12.1. The number of fused-ring (bicyclic) bond motifs is 1. The van der Waals surface area contributed by atoms with E-state index < -0.39 is 6.09 Å². The average Bonchev–Trinajstić information content (AvgIpc) is 3.16. The molecule has 3 aromatic carbocycles. The van der Waals surface area contributed by atoms with Crippen LogP contribution in [0, 0.1) is 0 Å². The van der Waals surface area contributed by atoms with Crippen molar-refractivity contribution in [1.29, 1.82) is 0 Å². The third-order valence-corrected chi connectivity index (χ3v) is 6.34. The molecule has 0 aromatic heterocycles. The van der Waals surface area contributed by atoms with Gasteiger partial charge in [0.1, 0.15) is 5.75 Å². The van der Waals surface area contributed by atoms with Crippen molar-refractivity contribution >= 4 is 23.4 Å². The van der Waals surface area contributed by atoms with Crippen LogP contribution in [0.3, 0.4) is 0 Å². The Balaban J connectivity index is 1.47. The number of carbonyl (C=O) groups is 2. The standard InChI is InChI=1S/C29H33N3O3/c1-20(2)23-9-11-25(12-10-23)31-29(34)35-26-13-14-28-27(17-26)24(15-16-30-21(3)33)19-32(28)18-22-7-5-4-6-8-22/h4-14,17,20,24H,15-16,18-19H2,1-3H3,(H,30,33)(H,31,34). The summed E-state index contributed by atoms with van der Waals surface area (Å²) in [6.45, 7) is 8.06. The summed E-state index contributed by atoms with van der Waals surface area (Å²) in [4.78, 5) is 26.3. The van der Waals surface area contributed by atoms with Gasteiger partial charge in [-0.2, -0.15) is 0 Å². The molecular weight excluding hydrogens is 438 g/mol. The molecule has 1 aliphatic rings. The number of amides is 2. The van der Waals surface area contributed by atoms with Crippen molar-refractivity contribution in [2.75, 3.05) is 23.3 Å². The first-order chi connectivity index (χ1) is 16.9. The van der Waals surface area contributed by atoms with Gasteiger partial charge >= 0.3 is 6.09 Å². The minimum absolute atomic E-state index is 0.0282. The third kappa shape index (κ3) is 6.41. The highest BCUT2D eigenvalue weighted by Crippen LogP contribution is 2.41. The van der Waals surface area contributed by atoms with Crippen LogP contribution in [0.25, 0.3) is 0 Å². The first-order valence-corrected chi connectivity index (χ1v) is 12.1. The van der Waals surface area contributed by atoms with Gasteiger partial charge in [-0.25, -0.2) is 4.79 Å². The molecule has 2 N–H and O–H groups in total. The molecule has 2 amide bonds. The quantitative estimate of drug-likeness (QED) is 0.419. The van der Waals surface area contributed by atoms with Crippen LogP contribution < -0.4 is 20.3 Å². The highest BCUT2D eigenvalue weighted by Gasteiger charge is 2.29. The summed E-state index contributed by atoms with van der Waals surface area (Å²) in [5.74, 6) is 1.14. The molecule has 3 aromatic rings. The van der Waals surface area contributed by atoms with E-state index in [-0.39, 0.29) is 11.8 Å². The summed E-state index contributed by atoms with van der Waals surface area (Å²) < 4.78 is 5.63. The molecule has 0 aliphatic carbocycles. The molecule has 0 radical (unpaired) electrons. The number of anilines is 2. The second kappa shape index (κ2) is 11.1. The lowest BCUT2D eigenvalue weighted by atomic mass is 9.97. The van der Waals surface area contributed by atoms with Gasteiger partial charge in [0, 0.05) is 43.9 Å². The van der Waals surface area contributed by atoms with E-state index in [1.807, 2.05) is 60.7 Å². The predicted molar refractivity (Wildman–Crippen MR) is 140 cm³/mol. The molecule has 1 heterocycles. The predicted octanol–water partition coefficient (Wildman–Crippen LogP) is 6.05. The SMILES string of the molecule is CC(=O)NCCC1CN(Cc2ccccc2)c2ccc(OC(=O)Nc3ccc(C(C)C)cc3)cc21. The molecule has 0 fully saturated rings. The monoisotopic (exact) mass is 471 g/mol. The van der Waals surface area contributed by atoms with Crippen molar-refractivity contribution < 1.29 is 14.3 Å². The van der Waals surface area contributed by atoms with Crippen molar-refractivity contribution in [2.24, 2.45) is 0 Å². The van der Waals surface area contributed by atoms with Crippen LogP contribution in [-0.4, -0.2) is 25.1 Å². The van der Waals surface area contributed by atoms with Crippen molar-refractivity contribution in [1.82, 2.24) is 5.32 Å². The summed E-state index contributed by atoms with van der Waals surface area (Å²) in [5, 5.41) is 5.70. The Bertz CT molecular complexity index is 1160. The Morgan fingerprint density at radius 3 is 2.46 bits per heavy atom. The summed E-state index contributed by atoms with van der Waals surface area (Å²) in [6.07, 6.45) is 0.298. The van der Waals surface area contributed by atoms with E-state index in [9.17, 15) is 9.59 Å². The lowest BCUT2D eigenvalue weighted by Gasteiger charge is -2.20. The van der Waals surface area contributed by atoms with E-state index in [1.54, 1.807) is 0 Å². The highest BCUT2D eigenvalue weighted by atomic mass is 16.6. The van der Waals surface area contributed by atoms with Gasteiger partial charge in [0.15, 0.2) is 0 Å². The summed E-state index contributed by atoms with van der Waals surface area (Å²) >= 11 is 0. The number of benzene rings is 3. The van der Waals surface area contributed by atoms with Crippen molar-refractivity contribution in [2.45, 2.75) is 45.6 Å². The minimum atomic E-state index is -0.517. The van der Waals surface area contributed by atoms with Crippen LogP contribution in [-0.2, 0) is 11.3 Å². The van der Waals surface area contributed by atoms with Crippen molar-refractivity contribution in [3.05, 3.63) is 89.5 Å². The van der Waals surface area contributed by atoms with Crippen molar-refractivity contribution in [3.8, 4) is 5.75 Å². The first kappa shape index (κ1) is 24.3. The molecule has 35 heavy (non-hydrogen) atoms. The number of hydrogen-bond donors (Lipinski definition) is 2. The van der Waals surface area contributed by atoms with Gasteiger partial charge in [0.2, 0.25) is 5.91 Å². The zero-order valence-corrected chi connectivity index (χ0v) is 20.6. The Hall–Kier alpha value is -3.80. The van der Waals surface area contributed by atoms with Crippen LogP contribution in [0.5, 0.6) is 5.75 Å². The lowest BCUT2D eigenvalue weighted by Crippen LogP contribution is -2.25. The van der Waals surface area contributed by atoms with Crippen LogP contribution in [0.1, 0.15) is 55.7 Å². The van der Waals surface area contributed by atoms with Crippen LogP contribution in [0.15, 0.2) is 72.8 Å². The second-order valence-electron chi connectivity index (χ2n) is 9.35. The van der Waals surface area contributed by atoms with E-state index in [0.717, 1.165) is 30.8 Å². The van der Waals surface area contributed by atoms with Gasteiger partial charge < -0.3 is 15.0 Å². The molecule has 4 rings (SSSR count). The van der Waals surface area contributed by atoms with E-state index in [4.69, 9.17) is 4.74 Å². The second-order valence-corrected chi connectivity index (χ2v) is 9.35. The third-order valence-electron chi connectivity index (χ3n) is 6.34. The minimum Gasteiger partial charge on any atom is -0.410 e. The smallest absolute Gasteiger partial charge is 0.410 e. The zero-order chi connectivity index (χ0) is 24.8. The van der Waals surface area contributed by atoms with Gasteiger partial charge in [-0.15, -0.1) is 0 Å². The van der Waals surface area contributed by atoms with Crippen LogP contribution in [0.4, 0.5) is 16.2 Å². The number of nitrogens with zero attached hydrogens (tertiary/aromatic N) is 1. The maximum atomic E-state index is 12.5. The number of rotatable bonds is 8. The van der Waals surface area contributed by atoms with Gasteiger partial charge in [-0.3, -0.25) is 10.1 Å². The van der Waals surface area contributed by atoms with Gasteiger partial charge in [-0.1, -0.05) is 56.3 Å². The Morgan fingerprint density at radius 1 is 1.03 bits per heavy atom. The van der Waals surface area contributed by atoms with Crippen LogP contribution >= 0.6 is 0 Å². The molecular formula is C29H33N3O3. The number of ether oxygens (including phenoxy) is 1. The molecule has 6 nitrogen and oxygen atoms in total. The topological polar surface area (TPSA) is 70.7 Å². The lowest BCUT2D eigenvalue weighted by molar-refractivity contribution is -0.118. The zero-order valence-electron chi connectivity index (χ0n) is 20.6. The van der Waals surface area contributed by atoms with E-state index in [2.05, 4.69) is 41.5 Å². The molecule has 0 bridgehead atoms. The maximum Gasteiger partial charge on any atom is 0.417 e. The van der Waals surface area contributed by atoms with E-state index in [1.165, 1.54) is 18.1 Å². The molecule has 0 saturated heterocycles. The van der Waals surface area contributed by atoms with Crippen molar-refractivity contribution in [3.63, 3.8) is 0 Å². The summed E-state index contributed by atoms with van der Waals surface area (Å²) in [7, 11) is 0. The van der Waals surface area contributed by atoms with E-state index >= 15 is 0 Å². The fourth-order valence-corrected chi connectivity index (χ4v) is 4.50. The molecule has 0 saturated carbocycles. The molecule has 1 atom stereocenters. The molecule has 0 spiro atoms. The molecule has 1 unspecified atom stereocenters. The average molecular weight is 472 g/mol. The Kier molecular flexibility index (Phi) is 7.70. The highest BCUT2D eigenvalue weighted by molar-refractivity contribution is 5.86. The summed E-state index contributed by atoms with van der Waals surface area (Å²) in [5.41, 5.74) is 5.43. The fraction of sp³-hybridized carbons (Fsp3) is 0.310. The maximum absolute atomic E-state index is 12.5. The largest absolute Gasteiger partial charge is 0.417 e. The number of carbonyl (C=O) groups excluding carboxylic acids is 2. The molecule has 1 aliphatic heterocycles.